The third-order valence-electron chi connectivity index (χ3n) is 6.15. The van der Waals surface area contributed by atoms with Crippen molar-refractivity contribution in [3.05, 3.63) is 98.7 Å². The maximum Gasteiger partial charge on any atom is 0.280 e. The van der Waals surface area contributed by atoms with Crippen LogP contribution in [0.1, 0.15) is 36.1 Å². The van der Waals surface area contributed by atoms with Crippen molar-refractivity contribution in [3.8, 4) is 0 Å². The summed E-state index contributed by atoms with van der Waals surface area (Å²) in [7, 11) is 0. The van der Waals surface area contributed by atoms with Gasteiger partial charge in [0.2, 0.25) is 0 Å². The Morgan fingerprint density at radius 3 is 2.44 bits per heavy atom. The van der Waals surface area contributed by atoms with E-state index in [2.05, 4.69) is 4.98 Å². The molecular formula is C28H27N5O2S. The molecule has 4 aromatic rings. The topological polar surface area (TPSA) is 72.5 Å². The molecule has 1 fully saturated rings. The highest BCUT2D eigenvalue weighted by Gasteiger charge is 2.33. The number of hydrogen-bond donors (Lipinski definition) is 0. The molecule has 0 unspecified atom stereocenters. The second-order valence-corrected chi connectivity index (χ2v) is 9.74. The van der Waals surface area contributed by atoms with Crippen molar-refractivity contribution in [1.29, 1.82) is 0 Å². The molecule has 5 rings (SSSR count). The summed E-state index contributed by atoms with van der Waals surface area (Å²) >= 11 is 1.38. The van der Waals surface area contributed by atoms with Crippen molar-refractivity contribution in [2.45, 2.75) is 34.1 Å². The lowest BCUT2D eigenvalue weighted by molar-refractivity contribution is -0.122. The number of hydrogen-bond acceptors (Lipinski definition) is 5. The van der Waals surface area contributed by atoms with Crippen molar-refractivity contribution in [3.63, 3.8) is 0 Å². The summed E-state index contributed by atoms with van der Waals surface area (Å²) < 4.78 is 3.47. The second-order valence-electron chi connectivity index (χ2n) is 8.73. The molecule has 36 heavy (non-hydrogen) atoms. The van der Waals surface area contributed by atoms with Gasteiger partial charge in [-0.2, -0.15) is 4.68 Å². The number of rotatable bonds is 5. The highest BCUT2D eigenvalue weighted by atomic mass is 32.2. The number of amides is 1. The van der Waals surface area contributed by atoms with E-state index in [4.69, 9.17) is 4.99 Å². The Morgan fingerprint density at radius 2 is 1.69 bits per heavy atom. The van der Waals surface area contributed by atoms with Gasteiger partial charge in [-0.25, -0.2) is 9.98 Å². The van der Waals surface area contributed by atoms with Gasteiger partial charge in [0, 0.05) is 17.9 Å². The zero-order valence-electron chi connectivity index (χ0n) is 20.7. The molecule has 0 N–H and O–H groups in total. The van der Waals surface area contributed by atoms with Gasteiger partial charge < -0.3 is 0 Å². The summed E-state index contributed by atoms with van der Waals surface area (Å²) in [4.78, 5) is 38.4. The molecule has 1 saturated heterocycles. The van der Waals surface area contributed by atoms with Crippen LogP contribution in [0.25, 0.3) is 17.0 Å². The second kappa shape index (κ2) is 9.62. The molecule has 0 aliphatic carbocycles. The Morgan fingerprint density at radius 1 is 0.972 bits per heavy atom. The average Bonchev–Trinajstić information content (AvgIpc) is 3.30. The third-order valence-corrected chi connectivity index (χ3v) is 7.16. The van der Waals surface area contributed by atoms with Crippen molar-refractivity contribution >= 4 is 45.5 Å². The number of benzene rings is 2. The Bertz CT molecular complexity index is 1600. The summed E-state index contributed by atoms with van der Waals surface area (Å²) in [5, 5.41) is 1.24. The van der Waals surface area contributed by atoms with Crippen LogP contribution in [-0.4, -0.2) is 36.9 Å². The first-order valence-electron chi connectivity index (χ1n) is 11.9. The van der Waals surface area contributed by atoms with Crippen molar-refractivity contribution in [2.75, 3.05) is 6.54 Å². The lowest BCUT2D eigenvalue weighted by Gasteiger charge is -2.16. The van der Waals surface area contributed by atoms with Gasteiger partial charge >= 0.3 is 0 Å². The molecule has 0 saturated carbocycles. The molecule has 1 amide bonds. The molecule has 0 atom stereocenters. The number of carbonyl (C=O) groups is 1. The quantitative estimate of drug-likeness (QED) is 0.344. The SMILES string of the molecule is CCCN1C(=O)C(=Cc2cc(C)n(-n3c(C)nc4ccccc4c3=O)c2C)SC1=Nc1ccccc1. The van der Waals surface area contributed by atoms with Crippen LogP contribution in [0, 0.1) is 20.8 Å². The van der Waals surface area contributed by atoms with Gasteiger partial charge in [-0.05, 0) is 80.9 Å². The molecule has 1 aliphatic heterocycles. The largest absolute Gasteiger partial charge is 0.286 e. The fourth-order valence-corrected chi connectivity index (χ4v) is 5.48. The molecule has 3 heterocycles. The number of carbonyl (C=O) groups excluding carboxylic acids is 1. The lowest BCUT2D eigenvalue weighted by Crippen LogP contribution is -2.30. The first-order valence-corrected chi connectivity index (χ1v) is 12.7. The van der Waals surface area contributed by atoms with Gasteiger partial charge in [0.05, 0.1) is 21.5 Å². The van der Waals surface area contributed by atoms with Crippen LogP contribution in [0.2, 0.25) is 0 Å². The molecule has 8 heteroatoms. The Labute approximate surface area is 213 Å². The van der Waals surface area contributed by atoms with Crippen LogP contribution in [0.15, 0.2) is 75.4 Å². The zero-order valence-corrected chi connectivity index (χ0v) is 21.5. The molecule has 2 aromatic heterocycles. The van der Waals surface area contributed by atoms with E-state index in [0.717, 1.165) is 29.1 Å². The van der Waals surface area contributed by atoms with E-state index < -0.39 is 0 Å². The first kappa shape index (κ1) is 23.8. The van der Waals surface area contributed by atoms with E-state index in [0.29, 0.717) is 33.3 Å². The standard InChI is InChI=1S/C28H27N5O2S/c1-5-15-31-27(35)25(36-28(31)30-22-11-7-6-8-12-22)17-21-16-18(2)32(19(21)3)33-20(4)29-24-14-10-9-13-23(24)26(33)34/h6-14,16-17H,5,15H2,1-4H3. The summed E-state index contributed by atoms with van der Waals surface area (Å²) in [6.07, 6.45) is 2.73. The Balaban J connectivity index is 1.58. The zero-order chi connectivity index (χ0) is 25.4. The predicted molar refractivity (Wildman–Crippen MR) is 147 cm³/mol. The van der Waals surface area contributed by atoms with Gasteiger partial charge in [-0.3, -0.25) is 19.2 Å². The highest BCUT2D eigenvalue weighted by molar-refractivity contribution is 8.18. The number of aliphatic imine (C=N–C) groups is 1. The molecule has 7 nitrogen and oxygen atoms in total. The minimum atomic E-state index is -0.128. The van der Waals surface area contributed by atoms with Crippen LogP contribution in [0.3, 0.4) is 0 Å². The maximum absolute atomic E-state index is 13.4. The van der Waals surface area contributed by atoms with Gasteiger partial charge in [-0.15, -0.1) is 0 Å². The number of para-hydroxylation sites is 2. The van der Waals surface area contributed by atoms with E-state index in [1.54, 1.807) is 15.6 Å². The van der Waals surface area contributed by atoms with Crippen LogP contribution in [0.5, 0.6) is 0 Å². The number of aromatic nitrogens is 3. The van der Waals surface area contributed by atoms with Gasteiger partial charge in [0.25, 0.3) is 11.5 Å². The number of aryl methyl sites for hydroxylation is 2. The summed E-state index contributed by atoms with van der Waals surface area (Å²) in [5.41, 5.74) is 3.96. The third kappa shape index (κ3) is 4.18. The van der Waals surface area contributed by atoms with E-state index in [9.17, 15) is 9.59 Å². The summed E-state index contributed by atoms with van der Waals surface area (Å²) in [5.74, 6) is 0.541. The highest BCUT2D eigenvalue weighted by Crippen LogP contribution is 2.35. The number of amidine groups is 1. The van der Waals surface area contributed by atoms with Crippen molar-refractivity contribution < 1.29 is 4.79 Å². The van der Waals surface area contributed by atoms with E-state index in [1.165, 1.54) is 11.8 Å². The lowest BCUT2D eigenvalue weighted by atomic mass is 10.2. The minimum Gasteiger partial charge on any atom is -0.286 e. The van der Waals surface area contributed by atoms with Gasteiger partial charge in [0.1, 0.15) is 5.82 Å². The average molecular weight is 498 g/mol. The molecular weight excluding hydrogens is 470 g/mol. The number of nitrogens with zero attached hydrogens (tertiary/aromatic N) is 5. The number of fused-ring (bicyclic) bond motifs is 1. The molecule has 1 aliphatic rings. The van der Waals surface area contributed by atoms with Crippen LogP contribution < -0.4 is 5.56 Å². The van der Waals surface area contributed by atoms with Crippen LogP contribution in [-0.2, 0) is 4.79 Å². The van der Waals surface area contributed by atoms with E-state index in [-0.39, 0.29) is 11.5 Å². The Kier molecular flexibility index (Phi) is 6.36. The van der Waals surface area contributed by atoms with Gasteiger partial charge in [0.15, 0.2) is 5.17 Å². The predicted octanol–water partition coefficient (Wildman–Crippen LogP) is 5.45. The van der Waals surface area contributed by atoms with Gasteiger partial charge in [-0.1, -0.05) is 37.3 Å². The first-order chi connectivity index (χ1) is 17.4. The van der Waals surface area contributed by atoms with Crippen LogP contribution >= 0.6 is 11.8 Å². The summed E-state index contributed by atoms with van der Waals surface area (Å²) in [6.45, 7) is 8.38. The van der Waals surface area contributed by atoms with E-state index >= 15 is 0 Å². The fourth-order valence-electron chi connectivity index (χ4n) is 4.47. The fraction of sp³-hybridized carbons (Fsp3) is 0.214. The van der Waals surface area contributed by atoms with Crippen LogP contribution in [0.4, 0.5) is 5.69 Å². The molecule has 0 spiro atoms. The normalized spacial score (nSPS) is 16.1. The van der Waals surface area contributed by atoms with Crippen molar-refractivity contribution in [1.82, 2.24) is 19.2 Å². The smallest absolute Gasteiger partial charge is 0.280 e. The monoisotopic (exact) mass is 497 g/mol. The molecule has 0 bridgehead atoms. The van der Waals surface area contributed by atoms with Crippen molar-refractivity contribution in [2.24, 2.45) is 4.99 Å². The van der Waals surface area contributed by atoms with E-state index in [1.807, 2.05) is 93.0 Å². The molecule has 182 valence electrons. The number of thioether (sulfide) groups is 1. The Hall–Kier alpha value is -3.91. The minimum absolute atomic E-state index is 0.0537. The maximum atomic E-state index is 13.4. The molecule has 2 aromatic carbocycles. The summed E-state index contributed by atoms with van der Waals surface area (Å²) in [6, 6.07) is 19.0. The molecule has 0 radical (unpaired) electrons.